The molecule has 1 rings (SSSR count). The molecule has 4 N–H and O–H groups in total. The molecule has 0 fully saturated rings. The number of carbonyl (C=O) groups is 1. The number of hydrogen-bond donors (Lipinski definition) is 4. The second-order valence-corrected chi connectivity index (χ2v) is 7.31. The smallest absolute Gasteiger partial charge is 0.165 e. The molecule has 0 radical (unpaired) electrons. The van der Waals surface area contributed by atoms with Crippen molar-refractivity contribution in [3.8, 4) is 23.0 Å². The fourth-order valence-electron chi connectivity index (χ4n) is 2.18. The van der Waals surface area contributed by atoms with Crippen molar-refractivity contribution >= 4 is 5.78 Å². The highest BCUT2D eigenvalue weighted by Crippen LogP contribution is 2.42. The summed E-state index contributed by atoms with van der Waals surface area (Å²) in [5, 5.41) is 37.4. The van der Waals surface area contributed by atoms with Crippen LogP contribution in [0.2, 0.25) is 0 Å². The maximum Gasteiger partial charge on any atom is 0.165 e. The van der Waals surface area contributed by atoms with Crippen molar-refractivity contribution in [2.45, 2.75) is 60.8 Å². The molecule has 142 valence electrons. The van der Waals surface area contributed by atoms with E-state index in [2.05, 4.69) is 27.7 Å². The number of Topliss-reactive ketones (excluding diaryl/α,β-unsaturated/α-hetero) is 1. The highest BCUT2D eigenvalue weighted by atomic mass is 16.3. The lowest BCUT2D eigenvalue weighted by atomic mass is 10.00. The number of ketones is 1. The van der Waals surface area contributed by atoms with E-state index in [9.17, 15) is 25.2 Å². The van der Waals surface area contributed by atoms with Gasteiger partial charge < -0.3 is 20.4 Å². The Morgan fingerprint density at radius 1 is 0.920 bits per heavy atom. The highest BCUT2D eigenvalue weighted by Gasteiger charge is 2.15. The Balaban J connectivity index is 0.000000504. The first kappa shape index (κ1) is 22.8. The fourth-order valence-corrected chi connectivity index (χ4v) is 2.18. The second-order valence-electron chi connectivity index (χ2n) is 7.31. The molecule has 1 aromatic rings. The first-order valence-corrected chi connectivity index (χ1v) is 8.56. The quantitative estimate of drug-likeness (QED) is 0.339. The third kappa shape index (κ3) is 9.03. The standard InChI is InChI=1S/C11H14O4.C9H18O/c1-6(2)3-4-7-10(14)8(12)5-9(13)11(7)15;1-7(2)5-9(10)6-8(3)4/h3,5,12-15H,4H2,1-2H3;7-8H,5-6H2,1-4H3. The summed E-state index contributed by atoms with van der Waals surface area (Å²) in [5.41, 5.74) is 1.13. The van der Waals surface area contributed by atoms with Crippen LogP contribution in [0.5, 0.6) is 23.0 Å². The Bertz CT molecular complexity index is 558. The highest BCUT2D eigenvalue weighted by molar-refractivity contribution is 5.78. The molecule has 0 saturated heterocycles. The van der Waals surface area contributed by atoms with Crippen LogP contribution in [0, 0.1) is 11.8 Å². The topological polar surface area (TPSA) is 98.0 Å². The molecule has 0 atom stereocenters. The second kappa shape index (κ2) is 10.6. The van der Waals surface area contributed by atoms with Crippen LogP contribution in [0.3, 0.4) is 0 Å². The van der Waals surface area contributed by atoms with Crippen LogP contribution >= 0.6 is 0 Å². The number of hydrogen-bond acceptors (Lipinski definition) is 5. The van der Waals surface area contributed by atoms with E-state index in [1.54, 1.807) is 6.08 Å². The molecule has 0 amide bonds. The molecule has 0 heterocycles. The van der Waals surface area contributed by atoms with E-state index in [4.69, 9.17) is 0 Å². The van der Waals surface area contributed by atoms with Gasteiger partial charge in [-0.3, -0.25) is 4.79 Å². The molecule has 0 saturated carbocycles. The molecule has 0 unspecified atom stereocenters. The summed E-state index contributed by atoms with van der Waals surface area (Å²) in [6.45, 7) is 12.1. The predicted molar refractivity (Wildman–Crippen MR) is 100 cm³/mol. The average molecular weight is 352 g/mol. The maximum atomic E-state index is 11.1. The number of benzene rings is 1. The van der Waals surface area contributed by atoms with Crippen molar-refractivity contribution < 1.29 is 25.2 Å². The summed E-state index contributed by atoms with van der Waals surface area (Å²) in [4.78, 5) is 11.1. The number of phenolic OH excluding ortho intramolecular Hbond substituents is 4. The van der Waals surface area contributed by atoms with Crippen molar-refractivity contribution in [1.82, 2.24) is 0 Å². The van der Waals surface area contributed by atoms with Gasteiger partial charge in [-0.1, -0.05) is 39.3 Å². The summed E-state index contributed by atoms with van der Waals surface area (Å²) >= 11 is 0. The van der Waals surface area contributed by atoms with Crippen LogP contribution in [0.15, 0.2) is 17.7 Å². The Morgan fingerprint density at radius 2 is 1.32 bits per heavy atom. The molecule has 0 aliphatic rings. The van der Waals surface area contributed by atoms with Gasteiger partial charge in [-0.15, -0.1) is 0 Å². The van der Waals surface area contributed by atoms with E-state index in [1.165, 1.54) is 0 Å². The molecule has 0 aromatic heterocycles. The maximum absolute atomic E-state index is 11.1. The van der Waals surface area contributed by atoms with Crippen LogP contribution in [0.4, 0.5) is 0 Å². The van der Waals surface area contributed by atoms with Crippen molar-refractivity contribution in [3.05, 3.63) is 23.3 Å². The van der Waals surface area contributed by atoms with Gasteiger partial charge in [-0.2, -0.15) is 0 Å². The summed E-state index contributed by atoms with van der Waals surface area (Å²) in [6, 6.07) is 0.899. The number of phenols is 4. The van der Waals surface area contributed by atoms with Gasteiger partial charge in [0.1, 0.15) is 5.78 Å². The molecule has 25 heavy (non-hydrogen) atoms. The zero-order chi connectivity index (χ0) is 19.7. The molecule has 0 bridgehead atoms. The Hall–Kier alpha value is -2.17. The zero-order valence-corrected chi connectivity index (χ0v) is 16.1. The molecule has 0 aliphatic heterocycles. The molecular weight excluding hydrogens is 320 g/mol. The van der Waals surface area contributed by atoms with E-state index in [0.29, 0.717) is 17.6 Å². The lowest BCUT2D eigenvalue weighted by molar-refractivity contribution is -0.120. The predicted octanol–water partition coefficient (Wildman–Crippen LogP) is 4.67. The molecule has 1 aromatic carbocycles. The van der Waals surface area contributed by atoms with Crippen molar-refractivity contribution in [1.29, 1.82) is 0 Å². The van der Waals surface area contributed by atoms with Gasteiger partial charge >= 0.3 is 0 Å². The Labute approximate surface area is 150 Å². The van der Waals surface area contributed by atoms with Crippen LogP contribution < -0.4 is 0 Å². The summed E-state index contributed by atoms with van der Waals surface area (Å²) in [5.74, 6) is -0.238. The van der Waals surface area contributed by atoms with Crippen LogP contribution in [-0.2, 0) is 11.2 Å². The molecule has 5 heteroatoms. The van der Waals surface area contributed by atoms with Gasteiger partial charge in [0.05, 0.1) is 0 Å². The summed E-state index contributed by atoms with van der Waals surface area (Å²) in [6.07, 6.45) is 3.52. The summed E-state index contributed by atoms with van der Waals surface area (Å²) in [7, 11) is 0. The third-order valence-corrected chi connectivity index (χ3v) is 3.32. The fraction of sp³-hybridized carbons (Fsp3) is 0.550. The van der Waals surface area contributed by atoms with Gasteiger partial charge in [0.15, 0.2) is 23.0 Å². The first-order valence-electron chi connectivity index (χ1n) is 8.56. The van der Waals surface area contributed by atoms with Gasteiger partial charge in [0.25, 0.3) is 0 Å². The van der Waals surface area contributed by atoms with Crippen molar-refractivity contribution in [2.75, 3.05) is 0 Å². The van der Waals surface area contributed by atoms with Crippen molar-refractivity contribution in [3.63, 3.8) is 0 Å². The minimum atomic E-state index is -0.442. The first-order chi connectivity index (χ1) is 11.5. The van der Waals surface area contributed by atoms with E-state index < -0.39 is 23.0 Å². The number of aromatic hydroxyl groups is 4. The van der Waals surface area contributed by atoms with E-state index in [1.807, 2.05) is 13.8 Å². The van der Waals surface area contributed by atoms with Crippen LogP contribution in [0.1, 0.15) is 59.9 Å². The molecular formula is C20H32O5. The number of allylic oxidation sites excluding steroid dienone is 2. The Morgan fingerprint density at radius 3 is 1.64 bits per heavy atom. The van der Waals surface area contributed by atoms with E-state index >= 15 is 0 Å². The minimum absolute atomic E-state index is 0.119. The number of carbonyl (C=O) groups excluding carboxylic acids is 1. The SMILES string of the molecule is CC(C)=CCc1c(O)c(O)cc(O)c1O.CC(C)CC(=O)CC(C)C. The van der Waals surface area contributed by atoms with Crippen LogP contribution in [-0.4, -0.2) is 26.2 Å². The van der Waals surface area contributed by atoms with E-state index in [0.717, 1.165) is 24.5 Å². The zero-order valence-electron chi connectivity index (χ0n) is 16.1. The normalized spacial score (nSPS) is 10.4. The third-order valence-electron chi connectivity index (χ3n) is 3.32. The monoisotopic (exact) mass is 352 g/mol. The molecule has 0 spiro atoms. The lowest BCUT2D eigenvalue weighted by Crippen LogP contribution is -2.05. The average Bonchev–Trinajstić information content (AvgIpc) is 2.43. The number of rotatable bonds is 6. The molecule has 5 nitrogen and oxygen atoms in total. The largest absolute Gasteiger partial charge is 0.504 e. The summed E-state index contributed by atoms with van der Waals surface area (Å²) < 4.78 is 0. The molecule has 0 aliphatic carbocycles. The Kier molecular flexibility index (Phi) is 9.72. The van der Waals surface area contributed by atoms with E-state index in [-0.39, 0.29) is 12.0 Å². The van der Waals surface area contributed by atoms with Gasteiger partial charge in [0.2, 0.25) is 0 Å². The minimum Gasteiger partial charge on any atom is -0.504 e. The van der Waals surface area contributed by atoms with Crippen LogP contribution in [0.25, 0.3) is 0 Å². The van der Waals surface area contributed by atoms with Gasteiger partial charge in [-0.05, 0) is 32.1 Å². The van der Waals surface area contributed by atoms with Gasteiger partial charge in [0, 0.05) is 24.5 Å². The lowest BCUT2D eigenvalue weighted by Gasteiger charge is -2.08. The van der Waals surface area contributed by atoms with Crippen molar-refractivity contribution in [2.24, 2.45) is 11.8 Å². The van der Waals surface area contributed by atoms with Gasteiger partial charge in [-0.25, -0.2) is 0 Å².